The Morgan fingerprint density at radius 3 is 1.90 bits per heavy atom. The number of aliphatic carboxylic acids is 1. The number of methoxy groups -OCH3 is 2. The van der Waals surface area contributed by atoms with Crippen LogP contribution in [-0.4, -0.2) is 86.2 Å². The Bertz CT molecular complexity index is 567. The molecule has 0 rings (SSSR count). The van der Waals surface area contributed by atoms with Crippen LogP contribution in [0.15, 0.2) is 0 Å². The zero-order chi connectivity index (χ0) is 24.2. The van der Waals surface area contributed by atoms with Gasteiger partial charge in [-0.05, 0) is 6.42 Å². The number of carbonyl (C=O) groups is 5. The lowest BCUT2D eigenvalue weighted by Gasteiger charge is -2.21. The van der Waals surface area contributed by atoms with Crippen LogP contribution in [0.2, 0.25) is 0 Å². The van der Waals surface area contributed by atoms with E-state index in [-0.39, 0.29) is 6.54 Å². The first-order chi connectivity index (χ1) is 14.6. The fourth-order valence-corrected chi connectivity index (χ4v) is 2.10. The first kappa shape index (κ1) is 30.5. The van der Waals surface area contributed by atoms with Gasteiger partial charge in [-0.25, -0.2) is 4.79 Å². The van der Waals surface area contributed by atoms with Gasteiger partial charge in [0.25, 0.3) is 0 Å². The molecule has 0 heterocycles. The van der Waals surface area contributed by atoms with Crippen LogP contribution in [0.25, 0.3) is 0 Å². The second-order valence-corrected chi connectivity index (χ2v) is 6.68. The molecule has 2 amide bonds. The van der Waals surface area contributed by atoms with Gasteiger partial charge in [0.15, 0.2) is 0 Å². The van der Waals surface area contributed by atoms with E-state index in [0.717, 1.165) is 18.4 Å². The molecule has 0 fully saturated rings. The number of carboxylic acid groups (broad SMARTS) is 1. The van der Waals surface area contributed by atoms with Gasteiger partial charge in [-0.2, -0.15) is 0 Å². The normalized spacial score (nSPS) is 10.9. The molecule has 180 valence electrons. The number of nitrogens with one attached hydrogen (secondary N) is 2. The van der Waals surface area contributed by atoms with Crippen LogP contribution in [0.5, 0.6) is 0 Å². The first-order valence-electron chi connectivity index (χ1n) is 10.3. The number of carboxylic acids is 1. The summed E-state index contributed by atoms with van der Waals surface area (Å²) in [6.45, 7) is 4.50. The van der Waals surface area contributed by atoms with Crippen LogP contribution in [0.3, 0.4) is 0 Å². The molecule has 0 aromatic heterocycles. The topological polar surface area (TPSA) is 151 Å². The van der Waals surface area contributed by atoms with E-state index in [4.69, 9.17) is 5.11 Å². The fourth-order valence-electron chi connectivity index (χ4n) is 2.10. The van der Waals surface area contributed by atoms with E-state index in [1.54, 1.807) is 0 Å². The van der Waals surface area contributed by atoms with Crippen molar-refractivity contribution in [2.45, 2.75) is 58.9 Å². The Hall–Kier alpha value is -2.69. The maximum Gasteiger partial charge on any atom is 0.328 e. The lowest BCUT2D eigenvalue weighted by molar-refractivity contribution is -0.146. The van der Waals surface area contributed by atoms with Crippen LogP contribution >= 0.6 is 0 Å². The quantitative estimate of drug-likeness (QED) is 0.320. The summed E-state index contributed by atoms with van der Waals surface area (Å²) in [5.74, 6) is -3.77. The van der Waals surface area contributed by atoms with Crippen LogP contribution in [-0.2, 0) is 33.4 Å². The molecule has 0 aromatic carbocycles. The number of hydrogen-bond acceptors (Lipinski definition) is 8. The minimum Gasteiger partial charge on any atom is -0.480 e. The molecule has 0 aliphatic rings. The molecule has 0 bridgehead atoms. The van der Waals surface area contributed by atoms with Crippen molar-refractivity contribution in [1.29, 1.82) is 0 Å². The number of unbranched alkanes of at least 4 members (excludes halogenated alkanes) is 2. The second-order valence-electron chi connectivity index (χ2n) is 6.68. The Labute approximate surface area is 183 Å². The smallest absolute Gasteiger partial charge is 0.328 e. The van der Waals surface area contributed by atoms with E-state index >= 15 is 0 Å². The van der Waals surface area contributed by atoms with Gasteiger partial charge in [0.1, 0.15) is 12.6 Å². The van der Waals surface area contributed by atoms with Crippen molar-refractivity contribution >= 4 is 29.7 Å². The molecule has 0 saturated heterocycles. The summed E-state index contributed by atoms with van der Waals surface area (Å²) in [5.41, 5.74) is 0. The van der Waals surface area contributed by atoms with Gasteiger partial charge in [-0.3, -0.25) is 24.1 Å². The number of esters is 2. The highest BCUT2D eigenvalue weighted by Crippen LogP contribution is 2.03. The monoisotopic (exact) mass is 447 g/mol. The molecule has 1 unspecified atom stereocenters. The molecule has 0 aromatic rings. The van der Waals surface area contributed by atoms with Gasteiger partial charge in [0.2, 0.25) is 11.8 Å². The Balaban J connectivity index is 0. The van der Waals surface area contributed by atoms with Gasteiger partial charge in [-0.15, -0.1) is 0 Å². The second kappa shape index (κ2) is 19.3. The van der Waals surface area contributed by atoms with E-state index in [1.807, 2.05) is 6.92 Å². The number of ether oxygens (including phenoxy) is 2. The van der Waals surface area contributed by atoms with Crippen molar-refractivity contribution in [1.82, 2.24) is 15.5 Å². The Morgan fingerprint density at radius 1 is 0.871 bits per heavy atom. The predicted molar refractivity (Wildman–Crippen MR) is 113 cm³/mol. The molecule has 1 atom stereocenters. The standard InChI is InChI=1S/C16H27N3O8.C4H10/c1-4-5-6-11(16(25)27-3)18-13(21)9-19(10-14(22)23)8-12(20)17-7-15(24)26-2;1-3-4-2/h11H,4-10H2,1-3H3,(H,17,20)(H,18,21)(H,22,23);3-4H2,1-2H3. The maximum atomic E-state index is 12.2. The molecule has 0 spiro atoms. The number of amides is 2. The van der Waals surface area contributed by atoms with Gasteiger partial charge < -0.3 is 25.2 Å². The van der Waals surface area contributed by atoms with E-state index in [0.29, 0.717) is 12.8 Å². The molecule has 0 aliphatic carbocycles. The molecule has 11 heteroatoms. The highest BCUT2D eigenvalue weighted by molar-refractivity contribution is 5.87. The Kier molecular flexibility index (Phi) is 19.0. The lowest BCUT2D eigenvalue weighted by atomic mass is 10.1. The van der Waals surface area contributed by atoms with Crippen LogP contribution in [0, 0.1) is 0 Å². The summed E-state index contributed by atoms with van der Waals surface area (Å²) >= 11 is 0. The molecule has 31 heavy (non-hydrogen) atoms. The average molecular weight is 448 g/mol. The van der Waals surface area contributed by atoms with Crippen molar-refractivity contribution in [2.24, 2.45) is 0 Å². The summed E-state index contributed by atoms with van der Waals surface area (Å²) in [5, 5.41) is 13.7. The molecule has 3 N–H and O–H groups in total. The SMILES string of the molecule is CCCC.CCCCC(NC(=O)CN(CC(=O)O)CC(=O)NCC(=O)OC)C(=O)OC. The van der Waals surface area contributed by atoms with E-state index < -0.39 is 55.4 Å². The third-order valence-electron chi connectivity index (χ3n) is 3.92. The molecule has 0 saturated carbocycles. The third-order valence-corrected chi connectivity index (χ3v) is 3.92. The number of hydrogen-bond donors (Lipinski definition) is 3. The zero-order valence-corrected chi connectivity index (χ0v) is 19.2. The highest BCUT2D eigenvalue weighted by Gasteiger charge is 2.23. The fraction of sp³-hybridized carbons (Fsp3) is 0.750. The summed E-state index contributed by atoms with van der Waals surface area (Å²) in [6.07, 6.45) is 4.52. The molecule has 0 aliphatic heterocycles. The van der Waals surface area contributed by atoms with Crippen molar-refractivity contribution in [3.05, 3.63) is 0 Å². The van der Waals surface area contributed by atoms with Crippen LogP contribution in [0.4, 0.5) is 0 Å². The van der Waals surface area contributed by atoms with Gasteiger partial charge in [-0.1, -0.05) is 46.5 Å². The largest absolute Gasteiger partial charge is 0.480 e. The van der Waals surface area contributed by atoms with Crippen LogP contribution in [0.1, 0.15) is 52.9 Å². The van der Waals surface area contributed by atoms with Crippen molar-refractivity contribution < 1.29 is 38.6 Å². The maximum absolute atomic E-state index is 12.2. The first-order valence-corrected chi connectivity index (χ1v) is 10.3. The van der Waals surface area contributed by atoms with E-state index in [2.05, 4.69) is 34.0 Å². The summed E-state index contributed by atoms with van der Waals surface area (Å²) in [7, 11) is 2.36. The third kappa shape index (κ3) is 17.8. The summed E-state index contributed by atoms with van der Waals surface area (Å²) < 4.78 is 9.01. The van der Waals surface area contributed by atoms with Gasteiger partial charge >= 0.3 is 17.9 Å². The number of nitrogens with zero attached hydrogens (tertiary/aromatic N) is 1. The summed E-state index contributed by atoms with van der Waals surface area (Å²) in [4.78, 5) is 58.7. The van der Waals surface area contributed by atoms with Gasteiger partial charge in [0.05, 0.1) is 33.9 Å². The number of rotatable bonds is 14. The Morgan fingerprint density at radius 2 is 1.45 bits per heavy atom. The minimum absolute atomic E-state index is 0.371. The summed E-state index contributed by atoms with van der Waals surface area (Å²) in [6, 6.07) is -0.845. The highest BCUT2D eigenvalue weighted by atomic mass is 16.5. The molecular formula is C20H37N3O8. The average Bonchev–Trinajstić information content (AvgIpc) is 2.73. The molecule has 0 radical (unpaired) electrons. The van der Waals surface area contributed by atoms with Crippen molar-refractivity contribution in [2.75, 3.05) is 40.4 Å². The van der Waals surface area contributed by atoms with Crippen LogP contribution < -0.4 is 10.6 Å². The zero-order valence-electron chi connectivity index (χ0n) is 19.2. The predicted octanol–water partition coefficient (Wildman–Crippen LogP) is 0.317. The van der Waals surface area contributed by atoms with E-state index in [1.165, 1.54) is 20.0 Å². The molecule has 11 nitrogen and oxygen atoms in total. The lowest BCUT2D eigenvalue weighted by Crippen LogP contribution is -2.49. The van der Waals surface area contributed by atoms with Crippen molar-refractivity contribution in [3.63, 3.8) is 0 Å². The molecular weight excluding hydrogens is 410 g/mol. The minimum atomic E-state index is -1.24. The van der Waals surface area contributed by atoms with Crippen molar-refractivity contribution in [3.8, 4) is 0 Å². The van der Waals surface area contributed by atoms with Gasteiger partial charge in [0, 0.05) is 0 Å². The van der Waals surface area contributed by atoms with E-state index in [9.17, 15) is 24.0 Å². The number of carbonyl (C=O) groups excluding carboxylic acids is 4.